The van der Waals surface area contributed by atoms with Crippen LogP contribution in [0.2, 0.25) is 0 Å². The topological polar surface area (TPSA) is 71.5 Å². The molecule has 3 aromatic carbocycles. The molecule has 6 nitrogen and oxygen atoms in total. The number of nitrogens with one attached hydrogen (secondary N) is 1. The lowest BCUT2D eigenvalue weighted by atomic mass is 10.0. The number of pyridine rings is 1. The van der Waals surface area contributed by atoms with Crippen LogP contribution in [0, 0.1) is 17.5 Å². The highest BCUT2D eigenvalue weighted by Crippen LogP contribution is 2.24. The van der Waals surface area contributed by atoms with Crippen LogP contribution >= 0.6 is 0 Å². The van der Waals surface area contributed by atoms with Crippen molar-refractivity contribution in [2.24, 2.45) is 0 Å². The number of fused-ring (bicyclic) bond motifs is 1. The van der Waals surface area contributed by atoms with Crippen LogP contribution in [-0.2, 0) is 4.74 Å². The number of carbonyl (C=O) groups is 2. The molecule has 5 rings (SSSR count). The molecule has 1 aromatic heterocycles. The van der Waals surface area contributed by atoms with Crippen molar-refractivity contribution in [2.45, 2.75) is 0 Å². The summed E-state index contributed by atoms with van der Waals surface area (Å²) in [7, 11) is 0. The second kappa shape index (κ2) is 9.79. The minimum absolute atomic E-state index is 0.00476. The van der Waals surface area contributed by atoms with E-state index in [1.54, 1.807) is 24.4 Å². The average Bonchev–Trinajstić information content (AvgIpc) is 2.89. The van der Waals surface area contributed by atoms with Gasteiger partial charge in [0.2, 0.25) is 0 Å². The highest BCUT2D eigenvalue weighted by molar-refractivity contribution is 6.11. The number of hydrogen-bond acceptors (Lipinski definition) is 5. The number of carbonyl (C=O) groups excluding carboxylic acids is 2. The molecule has 0 bridgehead atoms. The van der Waals surface area contributed by atoms with Gasteiger partial charge in [0.25, 0.3) is 5.91 Å². The number of morpholine rings is 1. The molecule has 36 heavy (non-hydrogen) atoms. The lowest BCUT2D eigenvalue weighted by Gasteiger charge is -2.28. The molecule has 0 unspecified atom stereocenters. The largest absolute Gasteiger partial charge is 0.378 e. The maximum Gasteiger partial charge on any atom is 0.255 e. The number of rotatable bonds is 5. The molecular formula is C27H20F3N3O3. The molecule has 182 valence electrons. The predicted octanol–water partition coefficient (Wildman–Crippen LogP) is 4.97. The maximum absolute atomic E-state index is 14.3. The molecule has 1 aliphatic heterocycles. The van der Waals surface area contributed by atoms with Gasteiger partial charge in [-0.15, -0.1) is 0 Å². The fraction of sp³-hybridized carbons (Fsp3) is 0.148. The van der Waals surface area contributed by atoms with Crippen LogP contribution in [0.3, 0.4) is 0 Å². The predicted molar refractivity (Wildman–Crippen MR) is 129 cm³/mol. The fourth-order valence-corrected chi connectivity index (χ4v) is 4.06. The molecule has 4 aromatic rings. The van der Waals surface area contributed by atoms with Gasteiger partial charge in [-0.05, 0) is 60.7 Å². The van der Waals surface area contributed by atoms with Crippen molar-refractivity contribution in [1.82, 2.24) is 4.98 Å². The minimum atomic E-state index is -1.18. The lowest BCUT2D eigenvalue weighted by molar-refractivity contribution is 0.102. The molecule has 9 heteroatoms. The Bertz CT molecular complexity index is 1490. The normalized spacial score (nSPS) is 13.6. The summed E-state index contributed by atoms with van der Waals surface area (Å²) in [5.74, 6) is -4.23. The van der Waals surface area contributed by atoms with Crippen molar-refractivity contribution >= 4 is 34.0 Å². The van der Waals surface area contributed by atoms with Gasteiger partial charge < -0.3 is 15.0 Å². The number of anilines is 2. The van der Waals surface area contributed by atoms with E-state index in [4.69, 9.17) is 4.74 Å². The van der Waals surface area contributed by atoms with E-state index in [0.717, 1.165) is 54.5 Å². The Morgan fingerprint density at radius 2 is 1.61 bits per heavy atom. The molecule has 1 amide bonds. The first-order valence-electron chi connectivity index (χ1n) is 11.2. The maximum atomic E-state index is 14.3. The molecule has 1 fully saturated rings. The Hall–Kier alpha value is -4.24. The Balaban J connectivity index is 1.41. The third kappa shape index (κ3) is 4.92. The van der Waals surface area contributed by atoms with Crippen molar-refractivity contribution in [3.63, 3.8) is 0 Å². The number of ketones is 1. The van der Waals surface area contributed by atoms with Crippen molar-refractivity contribution in [2.75, 3.05) is 36.5 Å². The quantitative estimate of drug-likeness (QED) is 0.399. The van der Waals surface area contributed by atoms with E-state index in [1.165, 1.54) is 6.07 Å². The molecular weight excluding hydrogens is 471 g/mol. The smallest absolute Gasteiger partial charge is 0.255 e. The van der Waals surface area contributed by atoms with Gasteiger partial charge in [-0.2, -0.15) is 0 Å². The van der Waals surface area contributed by atoms with E-state index in [0.29, 0.717) is 24.3 Å². The minimum Gasteiger partial charge on any atom is -0.378 e. The van der Waals surface area contributed by atoms with Crippen LogP contribution in [0.5, 0.6) is 0 Å². The number of aromatic nitrogens is 1. The highest BCUT2D eigenvalue weighted by atomic mass is 19.2. The van der Waals surface area contributed by atoms with Gasteiger partial charge in [0.15, 0.2) is 17.4 Å². The molecule has 1 aliphatic rings. The number of ether oxygens (including phenoxy) is 1. The van der Waals surface area contributed by atoms with Crippen LogP contribution in [0.1, 0.15) is 26.3 Å². The Kier molecular flexibility index (Phi) is 6.39. The molecule has 0 aliphatic carbocycles. The SMILES string of the molecule is O=C(Nc1cc(F)cc(C(=O)c2ccc3ncc(N4CCOCC4)cc3c2)c1)c1ccc(F)c(F)c1. The van der Waals surface area contributed by atoms with Crippen LogP contribution in [0.25, 0.3) is 10.9 Å². The first-order chi connectivity index (χ1) is 17.4. The monoisotopic (exact) mass is 491 g/mol. The van der Waals surface area contributed by atoms with Gasteiger partial charge in [-0.3, -0.25) is 14.6 Å². The van der Waals surface area contributed by atoms with E-state index >= 15 is 0 Å². The number of halogens is 3. The van der Waals surface area contributed by atoms with Crippen molar-refractivity contribution in [1.29, 1.82) is 0 Å². The molecule has 0 radical (unpaired) electrons. The summed E-state index contributed by atoms with van der Waals surface area (Å²) in [5.41, 5.74) is 1.83. The molecule has 0 saturated carbocycles. The first-order valence-corrected chi connectivity index (χ1v) is 11.2. The number of hydrogen-bond donors (Lipinski definition) is 1. The van der Waals surface area contributed by atoms with Gasteiger partial charge in [0.1, 0.15) is 5.82 Å². The second-order valence-corrected chi connectivity index (χ2v) is 8.34. The zero-order chi connectivity index (χ0) is 25.2. The molecule has 1 N–H and O–H groups in total. The van der Waals surface area contributed by atoms with Gasteiger partial charge in [-0.25, -0.2) is 13.2 Å². The van der Waals surface area contributed by atoms with Crippen LogP contribution < -0.4 is 10.2 Å². The summed E-state index contributed by atoms with van der Waals surface area (Å²) in [4.78, 5) is 32.3. The van der Waals surface area contributed by atoms with Crippen molar-refractivity contribution in [3.8, 4) is 0 Å². The molecule has 0 atom stereocenters. The number of nitrogens with zero attached hydrogens (tertiary/aromatic N) is 2. The Morgan fingerprint density at radius 3 is 2.39 bits per heavy atom. The lowest BCUT2D eigenvalue weighted by Crippen LogP contribution is -2.36. The summed E-state index contributed by atoms with van der Waals surface area (Å²) in [5, 5.41) is 3.18. The van der Waals surface area contributed by atoms with Gasteiger partial charge in [0.05, 0.1) is 30.6 Å². The summed E-state index contributed by atoms with van der Waals surface area (Å²) in [6, 6.07) is 13.1. The summed E-state index contributed by atoms with van der Waals surface area (Å²) >= 11 is 0. The summed E-state index contributed by atoms with van der Waals surface area (Å²) < 4.78 is 46.4. The van der Waals surface area contributed by atoms with E-state index in [1.807, 2.05) is 6.07 Å². The zero-order valence-corrected chi connectivity index (χ0v) is 18.9. The molecule has 1 saturated heterocycles. The van der Waals surface area contributed by atoms with E-state index in [9.17, 15) is 22.8 Å². The van der Waals surface area contributed by atoms with Crippen molar-refractivity contribution in [3.05, 3.63) is 101 Å². The first kappa shape index (κ1) is 23.5. The summed E-state index contributed by atoms with van der Waals surface area (Å²) in [6.45, 7) is 2.75. The summed E-state index contributed by atoms with van der Waals surface area (Å²) in [6.07, 6.45) is 1.78. The van der Waals surface area contributed by atoms with Crippen molar-refractivity contribution < 1.29 is 27.5 Å². The van der Waals surface area contributed by atoms with Crippen LogP contribution in [-0.4, -0.2) is 43.0 Å². The average molecular weight is 491 g/mol. The standard InChI is InChI=1S/C27H20F3N3O3/c28-20-10-19(11-21(14-20)32-27(35)17-1-3-23(29)24(30)13-17)26(34)16-2-4-25-18(9-16)12-22(15-31-25)33-5-7-36-8-6-33/h1-4,9-15H,5-8H2,(H,32,35). The second-order valence-electron chi connectivity index (χ2n) is 8.34. The molecule has 0 spiro atoms. The van der Waals surface area contributed by atoms with E-state index in [-0.39, 0.29) is 16.8 Å². The zero-order valence-electron chi connectivity index (χ0n) is 18.9. The van der Waals surface area contributed by atoms with E-state index < -0.39 is 29.1 Å². The third-order valence-electron chi connectivity index (χ3n) is 5.90. The number of amides is 1. The van der Waals surface area contributed by atoms with Gasteiger partial charge >= 0.3 is 0 Å². The fourth-order valence-electron chi connectivity index (χ4n) is 4.06. The van der Waals surface area contributed by atoms with Gasteiger partial charge in [-0.1, -0.05) is 0 Å². The highest BCUT2D eigenvalue weighted by Gasteiger charge is 2.16. The molecule has 2 heterocycles. The number of benzene rings is 3. The van der Waals surface area contributed by atoms with Crippen LogP contribution in [0.15, 0.2) is 66.9 Å². The Labute approximate surface area is 204 Å². The third-order valence-corrected chi connectivity index (χ3v) is 5.90. The van der Waals surface area contributed by atoms with Crippen LogP contribution in [0.4, 0.5) is 24.5 Å². The van der Waals surface area contributed by atoms with E-state index in [2.05, 4.69) is 15.2 Å². The van der Waals surface area contributed by atoms with Gasteiger partial charge in [0, 0.05) is 40.9 Å². The Morgan fingerprint density at radius 1 is 0.833 bits per heavy atom.